The number of halogens is 1. The van der Waals surface area contributed by atoms with Crippen LogP contribution in [0.25, 0.3) is 0 Å². The molecule has 1 aliphatic rings. The van der Waals surface area contributed by atoms with Gasteiger partial charge < -0.3 is 19.3 Å². The molecule has 0 bridgehead atoms. The summed E-state index contributed by atoms with van der Waals surface area (Å²) >= 11 is 3.29. The standard InChI is InChI=1S/C17H19BrN4O4/c1-11-8-14(20-26-11)19-17(25)12-4-6-21(7-5-12)16(24)10-22-9-13(18)2-3-15(22)23/h2-3,8-9,12H,4-7,10H2,1H3,(H,19,20,25). The van der Waals surface area contributed by atoms with Crippen LogP contribution in [0.1, 0.15) is 18.6 Å². The number of anilines is 1. The summed E-state index contributed by atoms with van der Waals surface area (Å²) in [7, 11) is 0. The van der Waals surface area contributed by atoms with Crippen molar-refractivity contribution in [2.24, 2.45) is 5.92 Å². The number of aryl methyl sites for hydroxylation is 1. The lowest BCUT2D eigenvalue weighted by atomic mass is 9.96. The van der Waals surface area contributed by atoms with Gasteiger partial charge in [-0.05, 0) is 41.8 Å². The molecule has 0 unspecified atom stereocenters. The topological polar surface area (TPSA) is 97.4 Å². The summed E-state index contributed by atoms with van der Waals surface area (Å²) in [6.07, 6.45) is 2.74. The molecule has 2 aromatic rings. The summed E-state index contributed by atoms with van der Waals surface area (Å²) in [5.74, 6) is 0.609. The zero-order valence-corrected chi connectivity index (χ0v) is 15.9. The summed E-state index contributed by atoms with van der Waals surface area (Å²) in [6, 6.07) is 4.72. The van der Waals surface area contributed by atoms with Gasteiger partial charge in [-0.3, -0.25) is 14.4 Å². The molecule has 1 N–H and O–H groups in total. The van der Waals surface area contributed by atoms with E-state index in [1.54, 1.807) is 30.2 Å². The highest BCUT2D eigenvalue weighted by Crippen LogP contribution is 2.20. The van der Waals surface area contributed by atoms with Gasteiger partial charge in [-0.25, -0.2) is 0 Å². The van der Waals surface area contributed by atoms with Crippen molar-refractivity contribution in [3.8, 4) is 0 Å². The zero-order valence-electron chi connectivity index (χ0n) is 14.3. The van der Waals surface area contributed by atoms with Gasteiger partial charge in [0, 0.05) is 41.8 Å². The number of nitrogens with one attached hydrogen (secondary N) is 1. The largest absolute Gasteiger partial charge is 0.360 e. The van der Waals surface area contributed by atoms with Crippen molar-refractivity contribution in [2.45, 2.75) is 26.3 Å². The van der Waals surface area contributed by atoms with Crippen LogP contribution in [0.3, 0.4) is 0 Å². The lowest BCUT2D eigenvalue weighted by Crippen LogP contribution is -2.43. The van der Waals surface area contributed by atoms with Crippen molar-refractivity contribution in [1.82, 2.24) is 14.6 Å². The highest BCUT2D eigenvalue weighted by molar-refractivity contribution is 9.10. The van der Waals surface area contributed by atoms with Crippen LogP contribution in [-0.2, 0) is 16.1 Å². The second-order valence-corrected chi connectivity index (χ2v) is 7.20. The molecule has 1 aliphatic heterocycles. The minimum absolute atomic E-state index is 0.00659. The number of rotatable bonds is 4. The first-order valence-corrected chi connectivity index (χ1v) is 9.09. The smallest absolute Gasteiger partial charge is 0.251 e. The molecule has 0 atom stereocenters. The zero-order chi connectivity index (χ0) is 18.7. The van der Waals surface area contributed by atoms with Gasteiger partial charge in [-0.2, -0.15) is 0 Å². The van der Waals surface area contributed by atoms with E-state index in [0.29, 0.717) is 37.5 Å². The summed E-state index contributed by atoms with van der Waals surface area (Å²) in [5, 5.41) is 6.48. The fourth-order valence-electron chi connectivity index (χ4n) is 2.92. The number of nitrogens with zero attached hydrogens (tertiary/aromatic N) is 3. The van der Waals surface area contributed by atoms with Crippen LogP contribution in [0.2, 0.25) is 0 Å². The van der Waals surface area contributed by atoms with E-state index in [1.807, 2.05) is 0 Å². The Bertz CT molecular complexity index is 868. The van der Waals surface area contributed by atoms with Crippen molar-refractivity contribution >= 4 is 33.6 Å². The number of piperidine rings is 1. The molecular weight excluding hydrogens is 404 g/mol. The maximum Gasteiger partial charge on any atom is 0.251 e. The van der Waals surface area contributed by atoms with Gasteiger partial charge in [0.25, 0.3) is 5.56 Å². The molecule has 2 aromatic heterocycles. The highest BCUT2D eigenvalue weighted by Gasteiger charge is 2.28. The molecule has 2 amide bonds. The molecule has 1 fully saturated rings. The Hall–Kier alpha value is -2.42. The van der Waals surface area contributed by atoms with E-state index < -0.39 is 0 Å². The van der Waals surface area contributed by atoms with Crippen LogP contribution in [0.5, 0.6) is 0 Å². The van der Waals surface area contributed by atoms with Crippen LogP contribution < -0.4 is 10.9 Å². The Labute approximate surface area is 158 Å². The summed E-state index contributed by atoms with van der Waals surface area (Å²) < 4.78 is 7.04. The van der Waals surface area contributed by atoms with E-state index >= 15 is 0 Å². The van der Waals surface area contributed by atoms with Gasteiger partial charge in [0.2, 0.25) is 11.8 Å². The molecule has 9 heteroatoms. The molecular formula is C17H19BrN4O4. The average molecular weight is 423 g/mol. The Morgan fingerprint density at radius 3 is 2.73 bits per heavy atom. The molecule has 3 heterocycles. The highest BCUT2D eigenvalue weighted by atomic mass is 79.9. The number of hydrogen-bond acceptors (Lipinski definition) is 5. The second-order valence-electron chi connectivity index (χ2n) is 6.28. The molecule has 26 heavy (non-hydrogen) atoms. The minimum Gasteiger partial charge on any atom is -0.360 e. The Kier molecular flexibility index (Phi) is 5.55. The van der Waals surface area contributed by atoms with Gasteiger partial charge in [-0.1, -0.05) is 5.16 Å². The molecule has 0 aliphatic carbocycles. The third-order valence-corrected chi connectivity index (χ3v) is 4.82. The normalized spacial score (nSPS) is 15.1. The number of likely N-dealkylation sites (tertiary alicyclic amines) is 1. The third-order valence-electron chi connectivity index (χ3n) is 4.35. The van der Waals surface area contributed by atoms with Crippen molar-refractivity contribution in [3.63, 3.8) is 0 Å². The van der Waals surface area contributed by atoms with Crippen molar-refractivity contribution in [3.05, 3.63) is 45.0 Å². The number of amides is 2. The fraction of sp³-hybridized carbons (Fsp3) is 0.412. The Morgan fingerprint density at radius 2 is 2.08 bits per heavy atom. The molecule has 138 valence electrons. The van der Waals surface area contributed by atoms with Crippen LogP contribution >= 0.6 is 15.9 Å². The van der Waals surface area contributed by atoms with Crippen molar-refractivity contribution in [2.75, 3.05) is 18.4 Å². The molecule has 0 spiro atoms. The molecule has 0 saturated carbocycles. The van der Waals surface area contributed by atoms with Gasteiger partial charge in [0.1, 0.15) is 12.3 Å². The van der Waals surface area contributed by atoms with E-state index in [-0.39, 0.29) is 29.8 Å². The lowest BCUT2D eigenvalue weighted by molar-refractivity contribution is -0.135. The van der Waals surface area contributed by atoms with E-state index in [4.69, 9.17) is 4.52 Å². The van der Waals surface area contributed by atoms with Gasteiger partial charge >= 0.3 is 0 Å². The van der Waals surface area contributed by atoms with Crippen molar-refractivity contribution < 1.29 is 14.1 Å². The fourth-order valence-corrected chi connectivity index (χ4v) is 3.30. The monoisotopic (exact) mass is 422 g/mol. The van der Waals surface area contributed by atoms with E-state index in [9.17, 15) is 14.4 Å². The SMILES string of the molecule is Cc1cc(NC(=O)C2CCN(C(=O)Cn3cc(Br)ccc3=O)CC2)no1. The molecule has 8 nitrogen and oxygen atoms in total. The summed E-state index contributed by atoms with van der Waals surface area (Å²) in [5.41, 5.74) is -0.223. The lowest BCUT2D eigenvalue weighted by Gasteiger charge is -2.31. The Balaban J connectivity index is 1.52. The first-order chi connectivity index (χ1) is 12.4. The summed E-state index contributed by atoms with van der Waals surface area (Å²) in [4.78, 5) is 38.2. The average Bonchev–Trinajstić information content (AvgIpc) is 3.03. The Morgan fingerprint density at radius 1 is 1.35 bits per heavy atom. The van der Waals surface area contributed by atoms with Gasteiger partial charge in [0.05, 0.1) is 0 Å². The first-order valence-electron chi connectivity index (χ1n) is 8.30. The second kappa shape index (κ2) is 7.86. The van der Waals surface area contributed by atoms with Crippen LogP contribution in [-0.4, -0.2) is 39.5 Å². The first kappa shape index (κ1) is 18.4. The predicted molar refractivity (Wildman–Crippen MR) is 97.6 cm³/mol. The third kappa shape index (κ3) is 4.40. The van der Waals surface area contributed by atoms with E-state index in [0.717, 1.165) is 4.47 Å². The number of aromatic nitrogens is 2. The molecule has 0 radical (unpaired) electrons. The quantitative estimate of drug-likeness (QED) is 0.809. The number of pyridine rings is 1. The predicted octanol–water partition coefficient (Wildman–Crippen LogP) is 1.78. The minimum atomic E-state index is -0.223. The molecule has 0 aromatic carbocycles. The van der Waals surface area contributed by atoms with Gasteiger partial charge in [-0.15, -0.1) is 0 Å². The van der Waals surface area contributed by atoms with Gasteiger partial charge in [0.15, 0.2) is 5.82 Å². The number of hydrogen-bond donors (Lipinski definition) is 1. The van der Waals surface area contributed by atoms with E-state index in [2.05, 4.69) is 26.4 Å². The number of carbonyl (C=O) groups is 2. The van der Waals surface area contributed by atoms with E-state index in [1.165, 1.54) is 10.6 Å². The van der Waals surface area contributed by atoms with Crippen LogP contribution in [0.15, 0.2) is 38.2 Å². The van der Waals surface area contributed by atoms with Crippen molar-refractivity contribution in [1.29, 1.82) is 0 Å². The molecule has 3 rings (SSSR count). The maximum absolute atomic E-state index is 12.4. The van der Waals surface area contributed by atoms with Crippen LogP contribution in [0, 0.1) is 12.8 Å². The number of carbonyl (C=O) groups excluding carboxylic acids is 2. The summed E-state index contributed by atoms with van der Waals surface area (Å²) in [6.45, 7) is 2.71. The van der Waals surface area contributed by atoms with Crippen LogP contribution in [0.4, 0.5) is 5.82 Å². The molecule has 1 saturated heterocycles. The maximum atomic E-state index is 12.4.